The molecule has 0 aromatic heterocycles. The van der Waals surface area contributed by atoms with Crippen LogP contribution in [0.3, 0.4) is 0 Å². The van der Waals surface area contributed by atoms with Crippen LogP contribution in [0.2, 0.25) is 0 Å². The SMILES string of the molecule is CC(CO)(CO)NC1CCc2cc(Br)ccc2C1. The van der Waals surface area contributed by atoms with Crippen molar-refractivity contribution in [1.29, 1.82) is 0 Å². The van der Waals surface area contributed by atoms with E-state index in [4.69, 9.17) is 0 Å². The third-order valence-electron chi connectivity index (χ3n) is 3.65. The summed E-state index contributed by atoms with van der Waals surface area (Å²) in [5.41, 5.74) is 2.18. The lowest BCUT2D eigenvalue weighted by Crippen LogP contribution is -2.54. The fraction of sp³-hybridized carbons (Fsp3) is 0.571. The molecule has 0 bridgehead atoms. The second kappa shape index (κ2) is 5.70. The maximum atomic E-state index is 9.32. The summed E-state index contributed by atoms with van der Waals surface area (Å²) in [6.07, 6.45) is 3.04. The molecule has 3 N–H and O–H groups in total. The summed E-state index contributed by atoms with van der Waals surface area (Å²) < 4.78 is 1.13. The molecule has 0 amide bonds. The van der Waals surface area contributed by atoms with Crippen LogP contribution in [-0.2, 0) is 12.8 Å². The van der Waals surface area contributed by atoms with Gasteiger partial charge >= 0.3 is 0 Å². The van der Waals surface area contributed by atoms with E-state index in [-0.39, 0.29) is 13.2 Å². The molecule has 1 atom stereocenters. The van der Waals surface area contributed by atoms with Gasteiger partial charge in [-0.15, -0.1) is 0 Å². The van der Waals surface area contributed by atoms with Gasteiger partial charge in [-0.3, -0.25) is 0 Å². The lowest BCUT2D eigenvalue weighted by Gasteiger charge is -2.34. The van der Waals surface area contributed by atoms with Crippen LogP contribution >= 0.6 is 15.9 Å². The average molecular weight is 314 g/mol. The van der Waals surface area contributed by atoms with Gasteiger partial charge in [0.1, 0.15) is 0 Å². The van der Waals surface area contributed by atoms with E-state index in [0.717, 1.165) is 23.7 Å². The topological polar surface area (TPSA) is 52.5 Å². The lowest BCUT2D eigenvalue weighted by atomic mass is 9.87. The molecule has 0 heterocycles. The van der Waals surface area contributed by atoms with Crippen LogP contribution in [-0.4, -0.2) is 35.0 Å². The standard InChI is InChI=1S/C14H20BrNO2/c1-14(8-17,9-18)16-13-5-3-10-6-12(15)4-2-11(10)7-13/h2,4,6,13,16-18H,3,5,7-9H2,1H3. The van der Waals surface area contributed by atoms with Gasteiger partial charge in [0.05, 0.1) is 18.8 Å². The Hall–Kier alpha value is -0.420. The predicted molar refractivity (Wildman–Crippen MR) is 75.7 cm³/mol. The second-order valence-electron chi connectivity index (χ2n) is 5.37. The number of aliphatic hydroxyl groups is 2. The quantitative estimate of drug-likeness (QED) is 0.792. The Morgan fingerprint density at radius 3 is 2.72 bits per heavy atom. The molecule has 1 aromatic carbocycles. The molecule has 1 aliphatic rings. The largest absolute Gasteiger partial charge is 0.394 e. The van der Waals surface area contributed by atoms with Gasteiger partial charge in [0.25, 0.3) is 0 Å². The van der Waals surface area contributed by atoms with Gasteiger partial charge in [-0.25, -0.2) is 0 Å². The normalized spacial score (nSPS) is 19.7. The molecule has 18 heavy (non-hydrogen) atoms. The molecule has 0 saturated carbocycles. The molecule has 0 spiro atoms. The minimum Gasteiger partial charge on any atom is -0.394 e. The van der Waals surface area contributed by atoms with E-state index in [2.05, 4.69) is 39.4 Å². The van der Waals surface area contributed by atoms with Gasteiger partial charge in [-0.05, 0) is 49.4 Å². The van der Waals surface area contributed by atoms with Crippen molar-refractivity contribution in [2.75, 3.05) is 13.2 Å². The molecule has 0 radical (unpaired) electrons. The molecule has 100 valence electrons. The highest BCUT2D eigenvalue weighted by Crippen LogP contribution is 2.25. The zero-order valence-corrected chi connectivity index (χ0v) is 12.2. The Kier molecular flexibility index (Phi) is 4.43. The summed E-state index contributed by atoms with van der Waals surface area (Å²) in [5.74, 6) is 0. The molecule has 0 fully saturated rings. The first-order valence-corrected chi connectivity index (χ1v) is 7.12. The first-order chi connectivity index (χ1) is 8.56. The third-order valence-corrected chi connectivity index (χ3v) is 4.14. The van der Waals surface area contributed by atoms with E-state index >= 15 is 0 Å². The van der Waals surface area contributed by atoms with Crippen molar-refractivity contribution in [3.8, 4) is 0 Å². The summed E-state index contributed by atoms with van der Waals surface area (Å²) in [6.45, 7) is 1.75. The highest BCUT2D eigenvalue weighted by molar-refractivity contribution is 9.10. The van der Waals surface area contributed by atoms with Crippen molar-refractivity contribution in [3.63, 3.8) is 0 Å². The van der Waals surface area contributed by atoms with E-state index in [1.807, 2.05) is 6.92 Å². The molecule has 1 aromatic rings. The smallest absolute Gasteiger partial charge is 0.0633 e. The van der Waals surface area contributed by atoms with Crippen molar-refractivity contribution in [1.82, 2.24) is 5.32 Å². The number of fused-ring (bicyclic) bond motifs is 1. The van der Waals surface area contributed by atoms with Gasteiger partial charge in [0.15, 0.2) is 0 Å². The minimum absolute atomic E-state index is 0.0484. The molecule has 0 aliphatic heterocycles. The third kappa shape index (κ3) is 3.12. The number of aryl methyl sites for hydroxylation is 1. The Bertz CT molecular complexity index is 418. The van der Waals surface area contributed by atoms with Gasteiger partial charge in [0, 0.05) is 10.5 Å². The maximum absolute atomic E-state index is 9.32. The lowest BCUT2D eigenvalue weighted by molar-refractivity contribution is 0.0919. The van der Waals surface area contributed by atoms with Crippen molar-refractivity contribution in [3.05, 3.63) is 33.8 Å². The van der Waals surface area contributed by atoms with Gasteiger partial charge < -0.3 is 15.5 Å². The number of hydrogen-bond donors (Lipinski definition) is 3. The van der Waals surface area contributed by atoms with E-state index in [0.29, 0.717) is 6.04 Å². The summed E-state index contributed by atoms with van der Waals surface area (Å²) in [4.78, 5) is 0. The Morgan fingerprint density at radius 2 is 2.06 bits per heavy atom. The van der Waals surface area contributed by atoms with Crippen LogP contribution in [0, 0.1) is 0 Å². The first kappa shape index (κ1) is 14.0. The Labute approximate surface area is 116 Å². The van der Waals surface area contributed by atoms with Crippen LogP contribution in [0.5, 0.6) is 0 Å². The van der Waals surface area contributed by atoms with Crippen molar-refractivity contribution in [2.45, 2.75) is 37.8 Å². The summed E-state index contributed by atoms with van der Waals surface area (Å²) >= 11 is 3.49. The summed E-state index contributed by atoms with van der Waals surface area (Å²) in [5, 5.41) is 22.0. The Morgan fingerprint density at radius 1 is 1.33 bits per heavy atom. The molecule has 3 nitrogen and oxygen atoms in total. The molecule has 1 aliphatic carbocycles. The molecule has 1 unspecified atom stereocenters. The van der Waals surface area contributed by atoms with Gasteiger partial charge in [0.2, 0.25) is 0 Å². The predicted octanol–water partition coefficient (Wildman–Crippen LogP) is 1.64. The molecule has 0 saturated heterocycles. The van der Waals surface area contributed by atoms with Crippen LogP contribution in [0.4, 0.5) is 0 Å². The van der Waals surface area contributed by atoms with Crippen LogP contribution < -0.4 is 5.32 Å². The van der Waals surface area contributed by atoms with Crippen molar-refractivity contribution in [2.24, 2.45) is 0 Å². The highest BCUT2D eigenvalue weighted by Gasteiger charge is 2.28. The first-order valence-electron chi connectivity index (χ1n) is 6.33. The highest BCUT2D eigenvalue weighted by atomic mass is 79.9. The minimum atomic E-state index is -0.586. The maximum Gasteiger partial charge on any atom is 0.0633 e. The van der Waals surface area contributed by atoms with Crippen molar-refractivity contribution >= 4 is 15.9 Å². The van der Waals surface area contributed by atoms with E-state index in [1.165, 1.54) is 11.1 Å². The molecular weight excluding hydrogens is 294 g/mol. The fourth-order valence-corrected chi connectivity index (χ4v) is 2.89. The van der Waals surface area contributed by atoms with E-state index in [9.17, 15) is 10.2 Å². The molecular formula is C14H20BrNO2. The zero-order valence-electron chi connectivity index (χ0n) is 10.6. The summed E-state index contributed by atoms with van der Waals surface area (Å²) in [7, 11) is 0. The number of aliphatic hydroxyl groups excluding tert-OH is 2. The van der Waals surface area contributed by atoms with E-state index < -0.39 is 5.54 Å². The number of hydrogen-bond acceptors (Lipinski definition) is 3. The number of halogens is 1. The average Bonchev–Trinajstić information content (AvgIpc) is 2.39. The number of rotatable bonds is 4. The molecule has 4 heteroatoms. The number of nitrogens with one attached hydrogen (secondary N) is 1. The van der Waals surface area contributed by atoms with Crippen LogP contribution in [0.1, 0.15) is 24.5 Å². The second-order valence-corrected chi connectivity index (χ2v) is 6.29. The van der Waals surface area contributed by atoms with Crippen LogP contribution in [0.25, 0.3) is 0 Å². The zero-order chi connectivity index (χ0) is 13.2. The van der Waals surface area contributed by atoms with Gasteiger partial charge in [-0.2, -0.15) is 0 Å². The van der Waals surface area contributed by atoms with E-state index in [1.54, 1.807) is 0 Å². The fourth-order valence-electron chi connectivity index (χ4n) is 2.48. The molecule has 2 rings (SSSR count). The van der Waals surface area contributed by atoms with Crippen LogP contribution in [0.15, 0.2) is 22.7 Å². The number of benzene rings is 1. The monoisotopic (exact) mass is 313 g/mol. The Balaban J connectivity index is 2.06. The van der Waals surface area contributed by atoms with Gasteiger partial charge in [-0.1, -0.05) is 22.0 Å². The van der Waals surface area contributed by atoms with Crippen molar-refractivity contribution < 1.29 is 10.2 Å². The summed E-state index contributed by atoms with van der Waals surface area (Å²) in [6, 6.07) is 6.73.